The van der Waals surface area contributed by atoms with Gasteiger partial charge in [-0.15, -0.1) is 11.8 Å². The molecule has 1 saturated carbocycles. The van der Waals surface area contributed by atoms with E-state index in [1.807, 2.05) is 26.8 Å². The minimum atomic E-state index is 0. The minimum absolute atomic E-state index is 0. The molecule has 1 aliphatic carbocycles. The highest BCUT2D eigenvalue weighted by molar-refractivity contribution is 14.2. The second kappa shape index (κ2) is 11.2. The van der Waals surface area contributed by atoms with E-state index >= 15 is 0 Å². The summed E-state index contributed by atoms with van der Waals surface area (Å²) in [6.07, 6.45) is 6.64. The molecule has 2 heterocycles. The van der Waals surface area contributed by atoms with Gasteiger partial charge in [-0.2, -0.15) is 0 Å². The van der Waals surface area contributed by atoms with Gasteiger partial charge in [-0.3, -0.25) is 4.34 Å². The van der Waals surface area contributed by atoms with Crippen LogP contribution in [0.3, 0.4) is 0 Å². The number of hydrogen-bond donors (Lipinski definition) is 1. The average Bonchev–Trinajstić information content (AvgIpc) is 2.98. The summed E-state index contributed by atoms with van der Waals surface area (Å²) < 4.78 is 2.10. The molecule has 1 N–H and O–H groups in total. The normalized spacial score (nSPS) is 13.7. The topological polar surface area (TPSA) is 42.7 Å². The Labute approximate surface area is 198 Å². The molecule has 3 aromatic rings. The molecule has 4 rings (SSSR count). The lowest BCUT2D eigenvalue weighted by molar-refractivity contribution is 0.419. The molecule has 158 valence electrons. The Kier molecular flexibility index (Phi) is 9.52. The van der Waals surface area contributed by atoms with E-state index in [0.29, 0.717) is 11.5 Å². The molecular weight excluding hydrogens is 534 g/mol. The van der Waals surface area contributed by atoms with Gasteiger partial charge in [-0.05, 0) is 71.7 Å². The number of imidazole rings is 1. The van der Waals surface area contributed by atoms with Crippen LogP contribution < -0.4 is 5.32 Å². The largest absolute Gasteiger partial charge is 0.353 e. The third-order valence-corrected chi connectivity index (χ3v) is 8.03. The molecule has 1 atom stereocenters. The Bertz CT molecular complexity index is 975. The predicted octanol–water partition coefficient (Wildman–Crippen LogP) is 8.58. The van der Waals surface area contributed by atoms with E-state index in [4.69, 9.17) is 16.6 Å². The number of pyridine rings is 1. The standard InChI is InChI=1S/C18H19ClIN4PS.C2H6.CH4/c1-10-21-17-14(9-16(19)23-18(17)24(10)25-20)22-13-7-6-12(8-15(13)26-2)11-4-3-5-11;1-2;/h6-9,11,25H,3-5H2,1-2H3,(H,22,23);1-2H3;1H4. The fourth-order valence-corrected chi connectivity index (χ4v) is 6.20. The van der Waals surface area contributed by atoms with Crippen molar-refractivity contribution in [1.82, 2.24) is 14.3 Å². The third-order valence-electron chi connectivity index (χ3n) is 4.91. The molecule has 1 unspecified atom stereocenters. The smallest absolute Gasteiger partial charge is 0.167 e. The van der Waals surface area contributed by atoms with Crippen molar-refractivity contribution in [2.24, 2.45) is 0 Å². The Hall–Kier alpha value is -0.560. The van der Waals surface area contributed by atoms with Crippen LogP contribution in [0.4, 0.5) is 11.4 Å². The first-order chi connectivity index (χ1) is 13.6. The maximum Gasteiger partial charge on any atom is 0.167 e. The molecule has 4 nitrogen and oxygen atoms in total. The quantitative estimate of drug-likeness (QED) is 0.146. The number of rotatable bonds is 5. The van der Waals surface area contributed by atoms with E-state index in [2.05, 4.69) is 61.1 Å². The molecular formula is C21H29ClIN4PS. The Balaban J connectivity index is 0.000000970. The van der Waals surface area contributed by atoms with Crippen LogP contribution in [0.1, 0.15) is 57.8 Å². The van der Waals surface area contributed by atoms with Crippen molar-refractivity contribution in [3.63, 3.8) is 0 Å². The molecule has 8 heteroatoms. The van der Waals surface area contributed by atoms with E-state index in [9.17, 15) is 0 Å². The fourth-order valence-electron chi connectivity index (χ4n) is 3.27. The zero-order valence-corrected chi connectivity index (χ0v) is 21.2. The summed E-state index contributed by atoms with van der Waals surface area (Å²) in [7, 11) is 0. The first-order valence-corrected chi connectivity index (χ1v) is 15.1. The van der Waals surface area contributed by atoms with Crippen molar-refractivity contribution < 1.29 is 0 Å². The third kappa shape index (κ3) is 5.20. The molecule has 29 heavy (non-hydrogen) atoms. The van der Waals surface area contributed by atoms with Gasteiger partial charge in [0.1, 0.15) is 16.5 Å². The van der Waals surface area contributed by atoms with Gasteiger partial charge < -0.3 is 5.32 Å². The molecule has 0 saturated heterocycles. The maximum atomic E-state index is 6.30. The van der Waals surface area contributed by atoms with Gasteiger partial charge in [0, 0.05) is 11.0 Å². The van der Waals surface area contributed by atoms with E-state index < -0.39 is 0 Å². The maximum absolute atomic E-state index is 6.30. The number of nitrogens with one attached hydrogen (secondary N) is 1. The zero-order valence-electron chi connectivity index (χ0n) is 16.5. The molecule has 1 aromatic carbocycles. The Morgan fingerprint density at radius 3 is 2.52 bits per heavy atom. The highest BCUT2D eigenvalue weighted by Gasteiger charge is 2.21. The number of anilines is 2. The number of nitrogens with zero attached hydrogens (tertiary/aromatic N) is 3. The summed E-state index contributed by atoms with van der Waals surface area (Å²) in [5.41, 5.74) is 5.15. The zero-order chi connectivity index (χ0) is 20.3. The average molecular weight is 563 g/mol. The van der Waals surface area contributed by atoms with Crippen LogP contribution in [0, 0.1) is 6.92 Å². The molecule has 2 aromatic heterocycles. The Morgan fingerprint density at radius 2 is 1.93 bits per heavy atom. The lowest BCUT2D eigenvalue weighted by Gasteiger charge is -2.26. The number of aryl methyl sites for hydroxylation is 1. The lowest BCUT2D eigenvalue weighted by Crippen LogP contribution is -2.08. The van der Waals surface area contributed by atoms with Crippen molar-refractivity contribution in [2.45, 2.75) is 58.3 Å². The van der Waals surface area contributed by atoms with Gasteiger partial charge in [0.05, 0.1) is 17.7 Å². The summed E-state index contributed by atoms with van der Waals surface area (Å²) in [6.45, 7) is 6.01. The number of aromatic nitrogens is 3. The molecule has 0 aliphatic heterocycles. The van der Waals surface area contributed by atoms with Gasteiger partial charge >= 0.3 is 0 Å². The summed E-state index contributed by atoms with van der Waals surface area (Å²) in [5.74, 6) is 1.69. The van der Waals surface area contributed by atoms with Gasteiger partial charge in [0.2, 0.25) is 0 Å². The van der Waals surface area contributed by atoms with Crippen LogP contribution >= 0.6 is 51.8 Å². The van der Waals surface area contributed by atoms with E-state index in [0.717, 1.165) is 34.3 Å². The number of fused-ring (bicyclic) bond motifs is 1. The predicted molar refractivity (Wildman–Crippen MR) is 141 cm³/mol. The highest BCUT2D eigenvalue weighted by Crippen LogP contribution is 2.40. The van der Waals surface area contributed by atoms with Crippen molar-refractivity contribution >= 4 is 74.3 Å². The highest BCUT2D eigenvalue weighted by atomic mass is 127. The second-order valence-electron chi connectivity index (χ2n) is 6.46. The van der Waals surface area contributed by atoms with Gasteiger partial charge in [0.25, 0.3) is 0 Å². The van der Waals surface area contributed by atoms with Crippen LogP contribution in [0.15, 0.2) is 29.2 Å². The van der Waals surface area contributed by atoms with E-state index in [1.165, 1.54) is 29.7 Å². The fraction of sp³-hybridized carbons (Fsp3) is 0.429. The minimum Gasteiger partial charge on any atom is -0.353 e. The summed E-state index contributed by atoms with van der Waals surface area (Å²) >= 11 is 10.4. The summed E-state index contributed by atoms with van der Waals surface area (Å²) in [5, 5.41) is 4.03. The van der Waals surface area contributed by atoms with Gasteiger partial charge in [0.15, 0.2) is 5.65 Å². The van der Waals surface area contributed by atoms with Gasteiger partial charge in [-0.1, -0.05) is 45.4 Å². The number of benzene rings is 1. The first kappa shape index (κ1) is 24.7. The molecule has 0 radical (unpaired) electrons. The lowest BCUT2D eigenvalue weighted by atomic mass is 9.80. The van der Waals surface area contributed by atoms with E-state index in [-0.39, 0.29) is 7.43 Å². The molecule has 1 aliphatic rings. The van der Waals surface area contributed by atoms with E-state index in [1.54, 1.807) is 11.8 Å². The van der Waals surface area contributed by atoms with Crippen LogP contribution in [0.25, 0.3) is 11.2 Å². The van der Waals surface area contributed by atoms with Crippen molar-refractivity contribution in [3.05, 3.63) is 40.8 Å². The molecule has 0 amide bonds. The summed E-state index contributed by atoms with van der Waals surface area (Å²) in [4.78, 5) is 10.5. The van der Waals surface area contributed by atoms with Gasteiger partial charge in [-0.25, -0.2) is 9.97 Å². The monoisotopic (exact) mass is 562 g/mol. The van der Waals surface area contributed by atoms with Crippen molar-refractivity contribution in [2.75, 3.05) is 11.6 Å². The second-order valence-corrected chi connectivity index (χ2v) is 9.76. The van der Waals surface area contributed by atoms with Crippen molar-refractivity contribution in [3.8, 4) is 0 Å². The SMILES string of the molecule is C.CC.CSc1cc(C2CCC2)ccc1Nc1cc(Cl)nc2c1nc(C)n2PI. The van der Waals surface area contributed by atoms with Crippen LogP contribution in [-0.4, -0.2) is 20.6 Å². The number of hydrogen-bond acceptors (Lipinski definition) is 4. The van der Waals surface area contributed by atoms with Crippen LogP contribution in [0.2, 0.25) is 5.15 Å². The number of halogens is 2. The molecule has 0 bridgehead atoms. The molecule has 0 spiro atoms. The summed E-state index contributed by atoms with van der Waals surface area (Å²) in [6, 6.07) is 8.62. The van der Waals surface area contributed by atoms with Crippen molar-refractivity contribution in [1.29, 1.82) is 0 Å². The van der Waals surface area contributed by atoms with Crippen LogP contribution in [0.5, 0.6) is 0 Å². The van der Waals surface area contributed by atoms with Crippen LogP contribution in [-0.2, 0) is 0 Å². The first-order valence-electron chi connectivity index (χ1n) is 9.48. The molecule has 1 fully saturated rings. The Morgan fingerprint density at radius 1 is 1.21 bits per heavy atom. The number of thioether (sulfide) groups is 1.